The largest absolute Gasteiger partial charge is 0.464 e. The summed E-state index contributed by atoms with van der Waals surface area (Å²) in [7, 11) is 1.81. The van der Waals surface area contributed by atoms with Crippen LogP contribution in [0.2, 0.25) is 0 Å². The molecule has 0 fully saturated rings. The van der Waals surface area contributed by atoms with E-state index in [4.69, 9.17) is 4.74 Å². The molecule has 19 heavy (non-hydrogen) atoms. The number of benzene rings is 1. The van der Waals surface area contributed by atoms with Gasteiger partial charge in [0.15, 0.2) is 6.04 Å². The van der Waals surface area contributed by atoms with Gasteiger partial charge in [-0.25, -0.2) is 4.79 Å². The van der Waals surface area contributed by atoms with E-state index in [1.165, 1.54) is 0 Å². The SMILES string of the molecule is CCOC(=O)C(Nc1ccccc1)c1cnn(C)c1. The van der Waals surface area contributed by atoms with Crippen LogP contribution in [-0.4, -0.2) is 22.4 Å². The molecule has 2 rings (SSSR count). The van der Waals surface area contributed by atoms with Gasteiger partial charge in [0.05, 0.1) is 12.8 Å². The third-order valence-electron chi connectivity index (χ3n) is 2.67. The Kier molecular flexibility index (Phi) is 4.18. The summed E-state index contributed by atoms with van der Waals surface area (Å²) in [6.45, 7) is 2.15. The Hall–Kier alpha value is -2.30. The van der Waals surface area contributed by atoms with Crippen LogP contribution in [0.3, 0.4) is 0 Å². The van der Waals surface area contributed by atoms with Crippen LogP contribution in [0.15, 0.2) is 42.7 Å². The van der Waals surface area contributed by atoms with Gasteiger partial charge in [0, 0.05) is 24.5 Å². The molecule has 0 aliphatic carbocycles. The van der Waals surface area contributed by atoms with Crippen molar-refractivity contribution in [1.82, 2.24) is 9.78 Å². The summed E-state index contributed by atoms with van der Waals surface area (Å²) in [5.74, 6) is -0.306. The molecule has 0 amide bonds. The number of carbonyl (C=O) groups is 1. The number of anilines is 1. The number of nitrogens with zero attached hydrogens (tertiary/aromatic N) is 2. The summed E-state index contributed by atoms with van der Waals surface area (Å²) < 4.78 is 6.76. The number of aromatic nitrogens is 2. The molecule has 1 aromatic heterocycles. The molecule has 1 atom stereocenters. The summed E-state index contributed by atoms with van der Waals surface area (Å²) in [4.78, 5) is 12.0. The van der Waals surface area contributed by atoms with Crippen molar-refractivity contribution in [3.8, 4) is 0 Å². The lowest BCUT2D eigenvalue weighted by molar-refractivity contribution is -0.144. The fourth-order valence-corrected chi connectivity index (χ4v) is 1.79. The Labute approximate surface area is 112 Å². The molecule has 0 saturated carbocycles. The van der Waals surface area contributed by atoms with Crippen molar-refractivity contribution in [2.45, 2.75) is 13.0 Å². The number of hydrogen-bond acceptors (Lipinski definition) is 4. The highest BCUT2D eigenvalue weighted by molar-refractivity contribution is 5.80. The first kappa shape index (κ1) is 13.1. The molecule has 0 saturated heterocycles. The molecule has 0 bridgehead atoms. The van der Waals surface area contributed by atoms with E-state index >= 15 is 0 Å². The summed E-state index contributed by atoms with van der Waals surface area (Å²) in [5, 5.41) is 7.26. The Morgan fingerprint density at radius 1 is 1.42 bits per heavy atom. The van der Waals surface area contributed by atoms with Crippen LogP contribution in [0, 0.1) is 0 Å². The summed E-state index contributed by atoms with van der Waals surface area (Å²) in [6, 6.07) is 9.01. The number of hydrogen-bond donors (Lipinski definition) is 1. The van der Waals surface area contributed by atoms with Gasteiger partial charge in [-0.1, -0.05) is 18.2 Å². The van der Waals surface area contributed by atoms with E-state index in [9.17, 15) is 4.79 Å². The normalized spacial score (nSPS) is 11.9. The number of rotatable bonds is 5. The third kappa shape index (κ3) is 3.34. The molecular formula is C14H17N3O2. The lowest BCUT2D eigenvalue weighted by atomic mass is 10.1. The van der Waals surface area contributed by atoms with Crippen molar-refractivity contribution in [2.24, 2.45) is 7.05 Å². The summed E-state index contributed by atoms with van der Waals surface area (Å²) >= 11 is 0. The molecule has 1 heterocycles. The predicted molar refractivity (Wildman–Crippen MR) is 72.6 cm³/mol. The second-order valence-corrected chi connectivity index (χ2v) is 4.14. The van der Waals surface area contributed by atoms with Crippen molar-refractivity contribution >= 4 is 11.7 Å². The minimum absolute atomic E-state index is 0.306. The highest BCUT2D eigenvalue weighted by atomic mass is 16.5. The van der Waals surface area contributed by atoms with Crippen LogP contribution < -0.4 is 5.32 Å². The monoisotopic (exact) mass is 259 g/mol. The minimum atomic E-state index is -0.545. The summed E-state index contributed by atoms with van der Waals surface area (Å²) in [5.41, 5.74) is 1.65. The molecule has 0 spiro atoms. The Bertz CT molecular complexity index is 537. The molecular weight excluding hydrogens is 242 g/mol. The summed E-state index contributed by atoms with van der Waals surface area (Å²) in [6.07, 6.45) is 3.47. The second kappa shape index (κ2) is 6.04. The molecule has 0 aliphatic heterocycles. The number of aryl methyl sites for hydroxylation is 1. The highest BCUT2D eigenvalue weighted by Crippen LogP contribution is 2.20. The number of para-hydroxylation sites is 1. The third-order valence-corrected chi connectivity index (χ3v) is 2.67. The Morgan fingerprint density at radius 2 is 2.16 bits per heavy atom. The maximum Gasteiger partial charge on any atom is 0.333 e. The average Bonchev–Trinajstić information content (AvgIpc) is 2.84. The average molecular weight is 259 g/mol. The van der Waals surface area contributed by atoms with E-state index in [0.717, 1.165) is 11.3 Å². The van der Waals surface area contributed by atoms with Crippen LogP contribution in [0.25, 0.3) is 0 Å². The zero-order chi connectivity index (χ0) is 13.7. The molecule has 1 N–H and O–H groups in total. The molecule has 2 aromatic rings. The van der Waals surface area contributed by atoms with Crippen LogP contribution in [0.1, 0.15) is 18.5 Å². The fraction of sp³-hybridized carbons (Fsp3) is 0.286. The van der Waals surface area contributed by atoms with Crippen molar-refractivity contribution < 1.29 is 9.53 Å². The van der Waals surface area contributed by atoms with E-state index in [-0.39, 0.29) is 5.97 Å². The number of ether oxygens (including phenoxy) is 1. The molecule has 1 aromatic carbocycles. The Morgan fingerprint density at radius 3 is 2.74 bits per heavy atom. The zero-order valence-corrected chi connectivity index (χ0v) is 11.0. The van der Waals surface area contributed by atoms with E-state index < -0.39 is 6.04 Å². The van der Waals surface area contributed by atoms with Gasteiger partial charge in [0.1, 0.15) is 0 Å². The van der Waals surface area contributed by atoms with Crippen LogP contribution >= 0.6 is 0 Å². The fourth-order valence-electron chi connectivity index (χ4n) is 1.79. The standard InChI is InChI=1S/C14H17N3O2/c1-3-19-14(18)13(11-9-15-17(2)10-11)16-12-7-5-4-6-8-12/h4-10,13,16H,3H2,1-2H3. The first-order chi connectivity index (χ1) is 9.20. The quantitative estimate of drug-likeness (QED) is 0.836. The van der Waals surface area contributed by atoms with E-state index in [2.05, 4.69) is 10.4 Å². The lowest BCUT2D eigenvalue weighted by Crippen LogP contribution is -2.23. The van der Waals surface area contributed by atoms with Crippen LogP contribution in [-0.2, 0) is 16.6 Å². The van der Waals surface area contributed by atoms with Gasteiger partial charge < -0.3 is 10.1 Å². The van der Waals surface area contributed by atoms with Crippen LogP contribution in [0.4, 0.5) is 5.69 Å². The van der Waals surface area contributed by atoms with Gasteiger partial charge in [-0.3, -0.25) is 4.68 Å². The van der Waals surface area contributed by atoms with E-state index in [1.54, 1.807) is 24.0 Å². The molecule has 100 valence electrons. The maximum atomic E-state index is 12.0. The van der Waals surface area contributed by atoms with E-state index in [0.29, 0.717) is 6.61 Å². The smallest absolute Gasteiger partial charge is 0.333 e. The van der Waals surface area contributed by atoms with Crippen LogP contribution in [0.5, 0.6) is 0 Å². The number of esters is 1. The van der Waals surface area contributed by atoms with Gasteiger partial charge in [-0.15, -0.1) is 0 Å². The topological polar surface area (TPSA) is 56.1 Å². The first-order valence-corrected chi connectivity index (χ1v) is 6.17. The van der Waals surface area contributed by atoms with E-state index in [1.807, 2.05) is 37.4 Å². The van der Waals surface area contributed by atoms with Gasteiger partial charge >= 0.3 is 5.97 Å². The van der Waals surface area contributed by atoms with Crippen molar-refractivity contribution in [3.63, 3.8) is 0 Å². The minimum Gasteiger partial charge on any atom is -0.464 e. The number of carbonyl (C=O) groups excluding carboxylic acids is 1. The van der Waals surface area contributed by atoms with Gasteiger partial charge in [0.2, 0.25) is 0 Å². The molecule has 5 nitrogen and oxygen atoms in total. The molecule has 5 heteroatoms. The maximum absolute atomic E-state index is 12.0. The predicted octanol–water partition coefficient (Wildman–Crippen LogP) is 2.14. The molecule has 0 aliphatic rings. The van der Waals surface area contributed by atoms with Crippen molar-refractivity contribution in [1.29, 1.82) is 0 Å². The second-order valence-electron chi connectivity index (χ2n) is 4.14. The first-order valence-electron chi connectivity index (χ1n) is 6.17. The number of nitrogens with one attached hydrogen (secondary N) is 1. The van der Waals surface area contributed by atoms with Gasteiger partial charge in [-0.2, -0.15) is 5.10 Å². The molecule has 1 unspecified atom stereocenters. The van der Waals surface area contributed by atoms with Crippen molar-refractivity contribution in [3.05, 3.63) is 48.3 Å². The molecule has 0 radical (unpaired) electrons. The zero-order valence-electron chi connectivity index (χ0n) is 11.0. The Balaban J connectivity index is 2.22. The van der Waals surface area contributed by atoms with Gasteiger partial charge in [-0.05, 0) is 19.1 Å². The van der Waals surface area contributed by atoms with Gasteiger partial charge in [0.25, 0.3) is 0 Å². The lowest BCUT2D eigenvalue weighted by Gasteiger charge is -2.17. The highest BCUT2D eigenvalue weighted by Gasteiger charge is 2.23. The van der Waals surface area contributed by atoms with Crippen molar-refractivity contribution in [2.75, 3.05) is 11.9 Å².